The van der Waals surface area contributed by atoms with E-state index >= 15 is 0 Å². The van der Waals surface area contributed by atoms with Gasteiger partial charge in [0.25, 0.3) is 0 Å². The van der Waals surface area contributed by atoms with E-state index in [1.165, 1.54) is 25.2 Å². The predicted octanol–water partition coefficient (Wildman–Crippen LogP) is 2.62. The lowest BCUT2D eigenvalue weighted by Crippen LogP contribution is -2.18. The zero-order valence-electron chi connectivity index (χ0n) is 10.6. The van der Waals surface area contributed by atoms with Crippen LogP contribution in [0.5, 0.6) is 11.5 Å². The van der Waals surface area contributed by atoms with Gasteiger partial charge in [0.05, 0.1) is 10.6 Å². The van der Waals surface area contributed by atoms with Crippen molar-refractivity contribution in [2.24, 2.45) is 0 Å². The molecule has 2 rings (SSSR count). The first kappa shape index (κ1) is 14.6. The molecule has 5 nitrogen and oxygen atoms in total. The van der Waals surface area contributed by atoms with Gasteiger partial charge in [0.2, 0.25) is 10.0 Å². The first-order valence-corrected chi connectivity index (χ1v) is 7.55. The van der Waals surface area contributed by atoms with Crippen molar-refractivity contribution in [3.8, 4) is 11.5 Å². The van der Waals surface area contributed by atoms with Crippen molar-refractivity contribution < 1.29 is 13.2 Å². The van der Waals surface area contributed by atoms with Gasteiger partial charge in [-0.05, 0) is 43.4 Å². The van der Waals surface area contributed by atoms with Crippen LogP contribution in [-0.2, 0) is 10.0 Å². The summed E-state index contributed by atoms with van der Waals surface area (Å²) in [7, 11) is -2.20. The molecule has 0 aliphatic carbocycles. The molecule has 0 heterocycles. The molecule has 0 aliphatic rings. The van der Waals surface area contributed by atoms with Crippen LogP contribution in [0.1, 0.15) is 0 Å². The number of nitrogens with one attached hydrogen (secondary N) is 1. The lowest BCUT2D eigenvalue weighted by Gasteiger charge is -2.10. The summed E-state index contributed by atoms with van der Waals surface area (Å²) in [6.45, 7) is 0. The van der Waals surface area contributed by atoms with Gasteiger partial charge < -0.3 is 10.5 Å². The molecule has 0 radical (unpaired) electrons. The Labute approximate surface area is 122 Å². The van der Waals surface area contributed by atoms with Crippen LogP contribution in [0.15, 0.2) is 47.4 Å². The molecule has 20 heavy (non-hydrogen) atoms. The maximum absolute atomic E-state index is 11.7. The molecule has 2 aromatic carbocycles. The van der Waals surface area contributed by atoms with Crippen molar-refractivity contribution in [3.63, 3.8) is 0 Å². The Balaban J connectivity index is 2.36. The highest BCUT2D eigenvalue weighted by molar-refractivity contribution is 7.89. The molecule has 3 N–H and O–H groups in total. The van der Waals surface area contributed by atoms with Crippen LogP contribution in [0.2, 0.25) is 5.02 Å². The molecule has 0 aliphatic heterocycles. The van der Waals surface area contributed by atoms with Gasteiger partial charge in [0.15, 0.2) is 5.75 Å². The number of sulfonamides is 1. The first-order valence-electron chi connectivity index (χ1n) is 5.69. The highest BCUT2D eigenvalue weighted by Gasteiger charge is 2.14. The number of ether oxygens (including phenoxy) is 1. The number of hydrogen-bond acceptors (Lipinski definition) is 4. The zero-order chi connectivity index (χ0) is 14.8. The van der Waals surface area contributed by atoms with Crippen molar-refractivity contribution in [1.82, 2.24) is 4.72 Å². The topological polar surface area (TPSA) is 81.4 Å². The largest absolute Gasteiger partial charge is 0.455 e. The Bertz CT molecular complexity index is 715. The Morgan fingerprint density at radius 3 is 2.40 bits per heavy atom. The molecule has 0 saturated carbocycles. The first-order chi connectivity index (χ1) is 9.42. The van der Waals surface area contributed by atoms with E-state index in [2.05, 4.69) is 4.72 Å². The standard InChI is InChI=1S/C13H13ClN2O3S/c1-16-20(17,18)11-6-7-12(15)13(8-11)19-10-4-2-9(14)3-5-10/h2-8,16H,15H2,1H3. The number of halogens is 1. The second-order valence-electron chi connectivity index (χ2n) is 3.96. The fourth-order valence-corrected chi connectivity index (χ4v) is 2.39. The average Bonchev–Trinajstić information content (AvgIpc) is 2.43. The number of anilines is 1. The quantitative estimate of drug-likeness (QED) is 0.850. The normalized spacial score (nSPS) is 11.3. The number of nitrogen functional groups attached to an aromatic ring is 1. The molecule has 0 aromatic heterocycles. The maximum Gasteiger partial charge on any atom is 0.240 e. The van der Waals surface area contributed by atoms with E-state index in [0.717, 1.165) is 0 Å². The van der Waals surface area contributed by atoms with Gasteiger partial charge in [-0.2, -0.15) is 0 Å². The minimum Gasteiger partial charge on any atom is -0.455 e. The fraction of sp³-hybridized carbons (Fsp3) is 0.0769. The number of rotatable bonds is 4. The van der Waals surface area contributed by atoms with E-state index in [1.807, 2.05) is 0 Å². The van der Waals surface area contributed by atoms with Crippen molar-refractivity contribution in [3.05, 3.63) is 47.5 Å². The van der Waals surface area contributed by atoms with Crippen molar-refractivity contribution in [2.75, 3.05) is 12.8 Å². The van der Waals surface area contributed by atoms with Crippen LogP contribution in [0.3, 0.4) is 0 Å². The Kier molecular flexibility index (Phi) is 4.17. The monoisotopic (exact) mass is 312 g/mol. The summed E-state index contributed by atoms with van der Waals surface area (Å²) < 4.78 is 31.3. The molecule has 0 atom stereocenters. The maximum atomic E-state index is 11.7. The summed E-state index contributed by atoms with van der Waals surface area (Å²) in [5.74, 6) is 0.781. The fourth-order valence-electron chi connectivity index (χ4n) is 1.52. The van der Waals surface area contributed by atoms with Crippen molar-refractivity contribution in [1.29, 1.82) is 0 Å². The van der Waals surface area contributed by atoms with Crippen molar-refractivity contribution >= 4 is 27.3 Å². The predicted molar refractivity (Wildman–Crippen MR) is 78.6 cm³/mol. The van der Waals surface area contributed by atoms with Crippen LogP contribution >= 0.6 is 11.6 Å². The highest BCUT2D eigenvalue weighted by Crippen LogP contribution is 2.30. The SMILES string of the molecule is CNS(=O)(=O)c1ccc(N)c(Oc2ccc(Cl)cc2)c1. The molecule has 106 valence electrons. The van der Waals surface area contributed by atoms with E-state index in [4.69, 9.17) is 22.1 Å². The van der Waals surface area contributed by atoms with Gasteiger partial charge in [0.1, 0.15) is 5.75 Å². The van der Waals surface area contributed by atoms with E-state index < -0.39 is 10.0 Å². The van der Waals surface area contributed by atoms with Crippen LogP contribution in [-0.4, -0.2) is 15.5 Å². The summed E-state index contributed by atoms with van der Waals surface area (Å²) in [6, 6.07) is 10.9. The third-order valence-electron chi connectivity index (χ3n) is 2.61. The zero-order valence-corrected chi connectivity index (χ0v) is 12.2. The van der Waals surface area contributed by atoms with E-state index in [-0.39, 0.29) is 10.6 Å². The van der Waals surface area contributed by atoms with E-state index in [1.54, 1.807) is 24.3 Å². The van der Waals surface area contributed by atoms with Gasteiger partial charge in [-0.25, -0.2) is 13.1 Å². The van der Waals surface area contributed by atoms with Gasteiger partial charge in [-0.3, -0.25) is 0 Å². The van der Waals surface area contributed by atoms with Gasteiger partial charge in [-0.15, -0.1) is 0 Å². The molecule has 0 saturated heterocycles. The molecule has 0 fully saturated rings. The van der Waals surface area contributed by atoms with Gasteiger partial charge in [0, 0.05) is 11.1 Å². The van der Waals surface area contributed by atoms with Crippen LogP contribution < -0.4 is 15.2 Å². The molecule has 0 spiro atoms. The summed E-state index contributed by atoms with van der Waals surface area (Å²) in [4.78, 5) is 0.0816. The second-order valence-corrected chi connectivity index (χ2v) is 6.29. The summed E-state index contributed by atoms with van der Waals surface area (Å²) in [5, 5.41) is 0.580. The number of hydrogen-bond donors (Lipinski definition) is 2. The summed E-state index contributed by atoms with van der Waals surface area (Å²) in [6.07, 6.45) is 0. The smallest absolute Gasteiger partial charge is 0.240 e. The average molecular weight is 313 g/mol. The molecule has 0 bridgehead atoms. The van der Waals surface area contributed by atoms with E-state index in [9.17, 15) is 8.42 Å². The van der Waals surface area contributed by atoms with Crippen LogP contribution in [0, 0.1) is 0 Å². The third-order valence-corrected chi connectivity index (χ3v) is 4.27. The highest BCUT2D eigenvalue weighted by atomic mass is 35.5. The Hall–Kier alpha value is -1.76. The third kappa shape index (κ3) is 3.22. The number of benzene rings is 2. The molecular formula is C13H13ClN2O3S. The molecule has 0 unspecified atom stereocenters. The minimum atomic E-state index is -3.54. The molecule has 0 amide bonds. The lowest BCUT2D eigenvalue weighted by molar-refractivity contribution is 0.483. The van der Waals surface area contributed by atoms with E-state index in [0.29, 0.717) is 16.5 Å². The lowest BCUT2D eigenvalue weighted by atomic mass is 10.3. The summed E-state index contributed by atoms with van der Waals surface area (Å²) >= 11 is 5.78. The number of nitrogens with two attached hydrogens (primary N) is 1. The molecular weight excluding hydrogens is 300 g/mol. The van der Waals surface area contributed by atoms with Crippen LogP contribution in [0.25, 0.3) is 0 Å². The van der Waals surface area contributed by atoms with Crippen LogP contribution in [0.4, 0.5) is 5.69 Å². The van der Waals surface area contributed by atoms with Gasteiger partial charge in [-0.1, -0.05) is 11.6 Å². The molecule has 7 heteroatoms. The summed E-state index contributed by atoms with van der Waals surface area (Å²) in [5.41, 5.74) is 6.13. The Morgan fingerprint density at radius 2 is 1.80 bits per heavy atom. The molecule has 2 aromatic rings. The second kappa shape index (κ2) is 5.70. The minimum absolute atomic E-state index is 0.0816. The Morgan fingerprint density at radius 1 is 1.15 bits per heavy atom. The van der Waals surface area contributed by atoms with Gasteiger partial charge >= 0.3 is 0 Å². The van der Waals surface area contributed by atoms with Crippen molar-refractivity contribution in [2.45, 2.75) is 4.90 Å².